The van der Waals surface area contributed by atoms with Crippen LogP contribution in [0.3, 0.4) is 0 Å². The Morgan fingerprint density at radius 3 is 2.41 bits per heavy atom. The van der Waals surface area contributed by atoms with Gasteiger partial charge in [-0.3, -0.25) is 4.90 Å². The maximum atomic E-state index is 12.8. The number of para-hydroxylation sites is 1. The zero-order valence-corrected chi connectivity index (χ0v) is 17.8. The molecule has 6 nitrogen and oxygen atoms in total. The number of aromatic nitrogens is 1. The summed E-state index contributed by atoms with van der Waals surface area (Å²) in [5.74, 6) is 0.459. The van der Waals surface area contributed by atoms with E-state index >= 15 is 0 Å². The molecule has 3 aromatic rings. The molecule has 1 aromatic heterocycles. The highest BCUT2D eigenvalue weighted by Crippen LogP contribution is 2.48. The van der Waals surface area contributed by atoms with Gasteiger partial charge in [-0.15, -0.1) is 0 Å². The number of pyridine rings is 1. The first kappa shape index (κ1) is 21.0. The Labute approximate surface area is 183 Å². The van der Waals surface area contributed by atoms with Crippen molar-refractivity contribution in [1.29, 1.82) is 0 Å². The summed E-state index contributed by atoms with van der Waals surface area (Å²) in [4.78, 5) is 8.07. The number of nitrogens with zero attached hydrogens (tertiary/aromatic N) is 3. The smallest absolute Gasteiger partial charge is 0.384 e. The summed E-state index contributed by atoms with van der Waals surface area (Å²) in [5, 5.41) is 1.04. The first-order chi connectivity index (χ1) is 15.1. The van der Waals surface area contributed by atoms with Crippen LogP contribution in [0.25, 0.3) is 10.9 Å². The van der Waals surface area contributed by atoms with Crippen LogP contribution in [-0.4, -0.2) is 42.6 Å². The molecule has 1 aliphatic carbocycles. The van der Waals surface area contributed by atoms with Gasteiger partial charge in [0, 0.05) is 29.7 Å². The van der Waals surface area contributed by atoms with Crippen molar-refractivity contribution in [3.05, 3.63) is 60.2 Å². The van der Waals surface area contributed by atoms with Crippen molar-refractivity contribution in [1.82, 2.24) is 9.88 Å². The molecule has 5 rings (SSSR count). The van der Waals surface area contributed by atoms with Crippen LogP contribution in [0, 0.1) is 0 Å². The van der Waals surface area contributed by atoms with Gasteiger partial charge in [-0.25, -0.2) is 13.4 Å². The van der Waals surface area contributed by atoms with E-state index < -0.39 is 20.2 Å². The fourth-order valence-corrected chi connectivity index (χ4v) is 5.21. The molecule has 2 heterocycles. The van der Waals surface area contributed by atoms with Crippen molar-refractivity contribution in [2.75, 3.05) is 23.8 Å². The van der Waals surface area contributed by atoms with Gasteiger partial charge in [0.05, 0.1) is 17.1 Å². The SMILES string of the molecule is Nc1cc(CN2CN(c3ccc(S(=O)(=O)C(F)(F)F)cc3)CC23CC3)c2ccccc2n1. The number of alkyl halides is 3. The van der Waals surface area contributed by atoms with Crippen LogP contribution in [0.4, 0.5) is 24.7 Å². The van der Waals surface area contributed by atoms with Crippen molar-refractivity contribution >= 4 is 32.2 Å². The molecule has 2 fully saturated rings. The van der Waals surface area contributed by atoms with E-state index in [9.17, 15) is 21.6 Å². The standard InChI is InChI=1S/C22H21F3N4O2S/c23-22(24,25)32(30,31)17-7-5-16(6-8-17)28-13-21(9-10-21)29(14-28)12-15-11-20(26)27-19-4-2-1-3-18(15)19/h1-8,11H,9-10,12-14H2,(H2,26,27). The van der Waals surface area contributed by atoms with Crippen LogP contribution in [0.2, 0.25) is 0 Å². The molecular weight excluding hydrogens is 441 g/mol. The predicted molar refractivity (Wildman–Crippen MR) is 116 cm³/mol. The number of benzene rings is 2. The fourth-order valence-electron chi connectivity index (χ4n) is 4.45. The maximum absolute atomic E-state index is 12.8. The Morgan fingerprint density at radius 2 is 1.75 bits per heavy atom. The summed E-state index contributed by atoms with van der Waals surface area (Å²) < 4.78 is 61.7. The minimum atomic E-state index is -5.35. The molecule has 10 heteroatoms. The summed E-state index contributed by atoms with van der Waals surface area (Å²) in [6.45, 7) is 1.99. The molecule has 1 saturated carbocycles. The Bertz CT molecular complexity index is 1290. The molecule has 0 unspecified atom stereocenters. The third-order valence-corrected chi connectivity index (χ3v) is 7.83. The topological polar surface area (TPSA) is 79.5 Å². The molecule has 0 atom stereocenters. The van der Waals surface area contributed by atoms with Crippen LogP contribution in [-0.2, 0) is 16.4 Å². The summed E-state index contributed by atoms with van der Waals surface area (Å²) in [6, 6.07) is 14.6. The minimum Gasteiger partial charge on any atom is -0.384 e. The second-order valence-electron chi connectivity index (χ2n) is 8.43. The lowest BCUT2D eigenvalue weighted by molar-refractivity contribution is -0.0436. The van der Waals surface area contributed by atoms with E-state index in [1.807, 2.05) is 30.3 Å². The third kappa shape index (κ3) is 3.47. The normalized spacial score (nSPS) is 18.5. The van der Waals surface area contributed by atoms with Crippen molar-refractivity contribution in [2.45, 2.75) is 35.3 Å². The van der Waals surface area contributed by atoms with Crippen LogP contribution in [0.1, 0.15) is 18.4 Å². The second kappa shape index (κ2) is 7.08. The quantitative estimate of drug-likeness (QED) is 0.633. The van der Waals surface area contributed by atoms with Crippen LogP contribution in [0.5, 0.6) is 0 Å². The molecule has 2 aromatic carbocycles. The van der Waals surface area contributed by atoms with Crippen molar-refractivity contribution in [3.8, 4) is 0 Å². The number of nitrogen functional groups attached to an aromatic ring is 1. The Balaban J connectivity index is 1.39. The highest BCUT2D eigenvalue weighted by molar-refractivity contribution is 7.92. The van der Waals surface area contributed by atoms with E-state index in [-0.39, 0.29) is 5.54 Å². The lowest BCUT2D eigenvalue weighted by Gasteiger charge is -2.23. The molecule has 1 aliphatic heterocycles. The van der Waals surface area contributed by atoms with E-state index in [2.05, 4.69) is 14.8 Å². The summed E-state index contributed by atoms with van der Waals surface area (Å²) in [5.41, 5.74) is 3.32. The van der Waals surface area contributed by atoms with Gasteiger partial charge in [-0.05, 0) is 54.8 Å². The number of rotatable bonds is 4. The van der Waals surface area contributed by atoms with Crippen LogP contribution in [0.15, 0.2) is 59.5 Å². The molecule has 0 amide bonds. The lowest BCUT2D eigenvalue weighted by Crippen LogP contribution is -2.32. The highest BCUT2D eigenvalue weighted by atomic mass is 32.2. The zero-order chi connectivity index (χ0) is 22.7. The Morgan fingerprint density at radius 1 is 1.06 bits per heavy atom. The van der Waals surface area contributed by atoms with E-state index in [1.54, 1.807) is 0 Å². The second-order valence-corrected chi connectivity index (χ2v) is 10.4. The van der Waals surface area contributed by atoms with Gasteiger partial charge in [-0.1, -0.05) is 18.2 Å². The van der Waals surface area contributed by atoms with E-state index in [0.29, 0.717) is 24.7 Å². The highest BCUT2D eigenvalue weighted by Gasteiger charge is 2.53. The zero-order valence-electron chi connectivity index (χ0n) is 17.0. The molecule has 168 valence electrons. The number of hydrogen-bond acceptors (Lipinski definition) is 6. The number of halogens is 3. The third-order valence-electron chi connectivity index (χ3n) is 6.32. The van der Waals surface area contributed by atoms with Crippen molar-refractivity contribution in [2.24, 2.45) is 0 Å². The molecule has 0 radical (unpaired) electrons. The molecule has 0 bridgehead atoms. The monoisotopic (exact) mass is 462 g/mol. The molecule has 32 heavy (non-hydrogen) atoms. The molecule has 2 N–H and O–H groups in total. The Kier molecular flexibility index (Phi) is 4.65. The molecule has 1 saturated heterocycles. The van der Waals surface area contributed by atoms with E-state index in [4.69, 9.17) is 5.73 Å². The minimum absolute atomic E-state index is 0.00977. The number of anilines is 2. The average molecular weight is 462 g/mol. The largest absolute Gasteiger partial charge is 0.501 e. The predicted octanol–water partition coefficient (Wildman–Crippen LogP) is 3.92. The van der Waals surface area contributed by atoms with Gasteiger partial charge in [-0.2, -0.15) is 13.2 Å². The number of hydrogen-bond donors (Lipinski definition) is 1. The van der Waals surface area contributed by atoms with Gasteiger partial charge < -0.3 is 10.6 Å². The van der Waals surface area contributed by atoms with E-state index in [0.717, 1.165) is 48.0 Å². The van der Waals surface area contributed by atoms with Gasteiger partial charge in [0.1, 0.15) is 5.82 Å². The summed E-state index contributed by atoms with van der Waals surface area (Å²) >= 11 is 0. The first-order valence-corrected chi connectivity index (χ1v) is 11.6. The first-order valence-electron chi connectivity index (χ1n) is 10.1. The van der Waals surface area contributed by atoms with Crippen LogP contribution < -0.4 is 10.6 Å². The Hall–Kier alpha value is -2.85. The number of nitrogens with two attached hydrogens (primary N) is 1. The lowest BCUT2D eigenvalue weighted by atomic mass is 10.1. The van der Waals surface area contributed by atoms with E-state index in [1.165, 1.54) is 12.1 Å². The van der Waals surface area contributed by atoms with Gasteiger partial charge in [0.15, 0.2) is 0 Å². The molecular formula is C22H21F3N4O2S. The average Bonchev–Trinajstić information content (AvgIpc) is 3.43. The van der Waals surface area contributed by atoms with Gasteiger partial charge in [0.25, 0.3) is 9.84 Å². The number of fused-ring (bicyclic) bond motifs is 1. The van der Waals surface area contributed by atoms with Crippen LogP contribution >= 0.6 is 0 Å². The fraction of sp³-hybridized carbons (Fsp3) is 0.318. The summed E-state index contributed by atoms with van der Waals surface area (Å²) in [7, 11) is -5.35. The maximum Gasteiger partial charge on any atom is 0.501 e. The van der Waals surface area contributed by atoms with Gasteiger partial charge >= 0.3 is 5.51 Å². The van der Waals surface area contributed by atoms with Gasteiger partial charge in [0.2, 0.25) is 0 Å². The molecule has 1 spiro atoms. The summed E-state index contributed by atoms with van der Waals surface area (Å²) in [6.07, 6.45) is 2.06. The number of sulfone groups is 1. The van der Waals surface area contributed by atoms with Crippen molar-refractivity contribution in [3.63, 3.8) is 0 Å². The molecule has 2 aliphatic rings. The van der Waals surface area contributed by atoms with Crippen molar-refractivity contribution < 1.29 is 21.6 Å².